The monoisotopic (exact) mass is 252 g/mol. The van der Waals surface area contributed by atoms with Gasteiger partial charge in [0.15, 0.2) is 11.5 Å². The molecule has 1 aliphatic heterocycles. The summed E-state index contributed by atoms with van der Waals surface area (Å²) in [4.78, 5) is 0. The smallest absolute Gasteiger partial charge is 0.161 e. The van der Waals surface area contributed by atoms with Crippen LogP contribution in [0, 0.1) is 0 Å². The number of hydrogen-bond acceptors (Lipinski definition) is 4. The van der Waals surface area contributed by atoms with E-state index in [1.54, 1.807) is 7.11 Å². The summed E-state index contributed by atoms with van der Waals surface area (Å²) in [5, 5.41) is 10.5. The van der Waals surface area contributed by atoms with Crippen LogP contribution in [0.1, 0.15) is 25.3 Å². The van der Waals surface area contributed by atoms with E-state index in [2.05, 4.69) is 0 Å². The molecule has 100 valence electrons. The van der Waals surface area contributed by atoms with E-state index in [4.69, 9.17) is 14.2 Å². The van der Waals surface area contributed by atoms with Crippen LogP contribution < -0.4 is 9.47 Å². The van der Waals surface area contributed by atoms with E-state index >= 15 is 0 Å². The molecule has 0 saturated heterocycles. The Morgan fingerprint density at radius 1 is 1.28 bits per heavy atom. The van der Waals surface area contributed by atoms with Gasteiger partial charge in [-0.15, -0.1) is 0 Å². The molecule has 0 bridgehead atoms. The second-order valence-electron chi connectivity index (χ2n) is 4.53. The quantitative estimate of drug-likeness (QED) is 0.891. The minimum atomic E-state index is -0.973. The molecule has 1 aromatic carbocycles. The van der Waals surface area contributed by atoms with Crippen molar-refractivity contribution in [3.05, 3.63) is 23.8 Å². The minimum absolute atomic E-state index is 0.267. The summed E-state index contributed by atoms with van der Waals surface area (Å²) in [6.45, 7) is 3.51. The van der Waals surface area contributed by atoms with Crippen LogP contribution in [0.4, 0.5) is 0 Å². The summed E-state index contributed by atoms with van der Waals surface area (Å²) in [5.41, 5.74) is -0.171. The standard InChI is InChI=1S/C14H20O4/c1-3-14(15,10-16-2)11-5-6-12-13(9-11)18-8-4-7-17-12/h5-6,9,15H,3-4,7-8,10H2,1-2H3. The van der Waals surface area contributed by atoms with Crippen molar-refractivity contribution in [2.75, 3.05) is 26.9 Å². The van der Waals surface area contributed by atoms with Gasteiger partial charge in [-0.1, -0.05) is 13.0 Å². The Morgan fingerprint density at radius 2 is 2.00 bits per heavy atom. The average molecular weight is 252 g/mol. The Morgan fingerprint density at radius 3 is 2.67 bits per heavy atom. The number of hydrogen-bond donors (Lipinski definition) is 1. The van der Waals surface area contributed by atoms with E-state index in [0.717, 1.165) is 17.7 Å². The molecule has 0 fully saturated rings. The number of benzene rings is 1. The first-order valence-electron chi connectivity index (χ1n) is 6.31. The molecule has 1 aromatic rings. The van der Waals surface area contributed by atoms with E-state index < -0.39 is 5.60 Å². The fraction of sp³-hybridized carbons (Fsp3) is 0.571. The molecule has 0 amide bonds. The predicted molar refractivity (Wildman–Crippen MR) is 68.1 cm³/mol. The van der Waals surface area contributed by atoms with Crippen LogP contribution in [0.15, 0.2) is 18.2 Å². The number of aliphatic hydroxyl groups is 1. The van der Waals surface area contributed by atoms with Gasteiger partial charge in [0.05, 0.1) is 19.8 Å². The Hall–Kier alpha value is -1.26. The van der Waals surface area contributed by atoms with Gasteiger partial charge in [-0.05, 0) is 24.1 Å². The van der Waals surface area contributed by atoms with E-state index in [9.17, 15) is 5.11 Å². The average Bonchev–Trinajstić information content (AvgIpc) is 2.63. The van der Waals surface area contributed by atoms with Crippen LogP contribution >= 0.6 is 0 Å². The lowest BCUT2D eigenvalue weighted by atomic mass is 9.91. The van der Waals surface area contributed by atoms with Gasteiger partial charge in [0.1, 0.15) is 5.60 Å². The number of ether oxygens (including phenoxy) is 3. The predicted octanol–water partition coefficient (Wildman–Crippen LogP) is 2.09. The topological polar surface area (TPSA) is 47.9 Å². The molecule has 2 rings (SSSR count). The van der Waals surface area contributed by atoms with Crippen molar-refractivity contribution >= 4 is 0 Å². The third-order valence-corrected chi connectivity index (χ3v) is 3.25. The summed E-state index contributed by atoms with van der Waals surface area (Å²) in [5.74, 6) is 1.44. The van der Waals surface area contributed by atoms with E-state index in [0.29, 0.717) is 25.4 Å². The summed E-state index contributed by atoms with van der Waals surface area (Å²) in [7, 11) is 1.59. The molecule has 1 N–H and O–H groups in total. The first-order chi connectivity index (χ1) is 8.69. The maximum Gasteiger partial charge on any atom is 0.161 e. The second-order valence-corrected chi connectivity index (χ2v) is 4.53. The second kappa shape index (κ2) is 5.59. The Labute approximate surface area is 107 Å². The lowest BCUT2D eigenvalue weighted by Gasteiger charge is -2.27. The summed E-state index contributed by atoms with van der Waals surface area (Å²) >= 11 is 0. The Bertz CT molecular complexity index is 405. The van der Waals surface area contributed by atoms with Crippen molar-refractivity contribution < 1.29 is 19.3 Å². The van der Waals surface area contributed by atoms with Crippen LogP contribution in [0.3, 0.4) is 0 Å². The molecule has 1 atom stereocenters. The van der Waals surface area contributed by atoms with Crippen molar-refractivity contribution in [3.63, 3.8) is 0 Å². The van der Waals surface area contributed by atoms with Gasteiger partial charge in [0.25, 0.3) is 0 Å². The molecule has 0 aromatic heterocycles. The molecule has 4 nitrogen and oxygen atoms in total. The van der Waals surface area contributed by atoms with E-state index in [-0.39, 0.29) is 6.61 Å². The summed E-state index contributed by atoms with van der Waals surface area (Å²) < 4.78 is 16.3. The highest BCUT2D eigenvalue weighted by Crippen LogP contribution is 2.35. The molecule has 18 heavy (non-hydrogen) atoms. The maximum absolute atomic E-state index is 10.5. The largest absolute Gasteiger partial charge is 0.490 e. The van der Waals surface area contributed by atoms with Crippen molar-refractivity contribution in [1.29, 1.82) is 0 Å². The lowest BCUT2D eigenvalue weighted by Crippen LogP contribution is -2.30. The van der Waals surface area contributed by atoms with E-state index in [1.807, 2.05) is 25.1 Å². The SMILES string of the molecule is CCC(O)(COC)c1ccc2c(c1)OCCCO2. The zero-order chi connectivity index (χ0) is 13.0. The maximum atomic E-state index is 10.5. The first-order valence-corrected chi connectivity index (χ1v) is 6.31. The molecule has 1 aliphatic rings. The zero-order valence-corrected chi connectivity index (χ0v) is 10.9. The van der Waals surface area contributed by atoms with Crippen LogP contribution in [0.25, 0.3) is 0 Å². The van der Waals surface area contributed by atoms with Crippen LogP contribution in [0.5, 0.6) is 11.5 Å². The third-order valence-electron chi connectivity index (χ3n) is 3.25. The number of rotatable bonds is 4. The molecule has 0 aliphatic carbocycles. The molecule has 1 unspecified atom stereocenters. The van der Waals surface area contributed by atoms with Gasteiger partial charge in [0, 0.05) is 13.5 Å². The van der Waals surface area contributed by atoms with Crippen LogP contribution in [-0.2, 0) is 10.3 Å². The summed E-state index contributed by atoms with van der Waals surface area (Å²) in [6, 6.07) is 5.57. The molecule has 0 saturated carbocycles. The van der Waals surface area contributed by atoms with Crippen molar-refractivity contribution in [3.8, 4) is 11.5 Å². The Kier molecular flexibility index (Phi) is 4.09. The van der Waals surface area contributed by atoms with E-state index in [1.165, 1.54) is 0 Å². The molecule has 0 spiro atoms. The highest BCUT2D eigenvalue weighted by Gasteiger charge is 2.28. The minimum Gasteiger partial charge on any atom is -0.490 e. The van der Waals surface area contributed by atoms with Crippen molar-refractivity contribution in [2.45, 2.75) is 25.4 Å². The van der Waals surface area contributed by atoms with Gasteiger partial charge in [-0.2, -0.15) is 0 Å². The highest BCUT2D eigenvalue weighted by molar-refractivity contribution is 5.45. The molecule has 0 radical (unpaired) electrons. The molecule has 4 heteroatoms. The zero-order valence-electron chi connectivity index (χ0n) is 10.9. The lowest BCUT2D eigenvalue weighted by molar-refractivity contribution is -0.0387. The number of fused-ring (bicyclic) bond motifs is 1. The van der Waals surface area contributed by atoms with Crippen molar-refractivity contribution in [1.82, 2.24) is 0 Å². The van der Waals surface area contributed by atoms with Gasteiger partial charge >= 0.3 is 0 Å². The Balaban J connectivity index is 2.31. The van der Waals surface area contributed by atoms with Crippen LogP contribution in [0.2, 0.25) is 0 Å². The highest BCUT2D eigenvalue weighted by atomic mass is 16.5. The van der Waals surface area contributed by atoms with Gasteiger partial charge < -0.3 is 19.3 Å². The van der Waals surface area contributed by atoms with Gasteiger partial charge in [0.2, 0.25) is 0 Å². The van der Waals surface area contributed by atoms with Gasteiger partial charge in [-0.25, -0.2) is 0 Å². The molecule has 1 heterocycles. The molecular formula is C14H20O4. The summed E-state index contributed by atoms with van der Waals surface area (Å²) in [6.07, 6.45) is 1.46. The molecular weight excluding hydrogens is 232 g/mol. The van der Waals surface area contributed by atoms with Gasteiger partial charge in [-0.3, -0.25) is 0 Å². The fourth-order valence-electron chi connectivity index (χ4n) is 2.08. The normalized spacial score (nSPS) is 17.9. The first kappa shape index (κ1) is 13.2. The van der Waals surface area contributed by atoms with Crippen molar-refractivity contribution in [2.24, 2.45) is 0 Å². The fourth-order valence-corrected chi connectivity index (χ4v) is 2.08. The number of methoxy groups -OCH3 is 1. The third kappa shape index (κ3) is 2.60. The van der Waals surface area contributed by atoms with Crippen LogP contribution in [-0.4, -0.2) is 32.0 Å².